The molecular weight excluding hydrogens is 402 g/mol. The molecule has 2 rings (SSSR count). The summed E-state index contributed by atoms with van der Waals surface area (Å²) in [6.45, 7) is 1.71. The van der Waals surface area contributed by atoms with Gasteiger partial charge in [0.25, 0.3) is 0 Å². The molecule has 0 aliphatic heterocycles. The highest BCUT2D eigenvalue weighted by molar-refractivity contribution is 5.92. The molecule has 3 atom stereocenters. The Morgan fingerprint density at radius 2 is 1.87 bits per heavy atom. The van der Waals surface area contributed by atoms with E-state index in [1.807, 2.05) is 24.3 Å². The number of aliphatic carboxylic acids is 1. The first-order chi connectivity index (χ1) is 14.7. The van der Waals surface area contributed by atoms with Crippen LogP contribution in [0.2, 0.25) is 0 Å². The summed E-state index contributed by atoms with van der Waals surface area (Å²) in [6, 6.07) is 4.70. The SMILES string of the molecule is C[C@H](NC(=O)[C@@H](N)Cc1c[nH]c2ccccc12)C(=O)N[C@@H](CCCN=C(N)N)C(=O)O. The topological polar surface area (TPSA) is 202 Å². The highest BCUT2D eigenvalue weighted by Gasteiger charge is 2.25. The van der Waals surface area contributed by atoms with Gasteiger partial charge in [-0.2, -0.15) is 0 Å². The lowest BCUT2D eigenvalue weighted by atomic mass is 10.0. The van der Waals surface area contributed by atoms with Crippen molar-refractivity contribution >= 4 is 34.6 Å². The van der Waals surface area contributed by atoms with E-state index in [-0.39, 0.29) is 25.3 Å². The number of carboxylic acid groups (broad SMARTS) is 1. The van der Waals surface area contributed by atoms with Crippen LogP contribution in [0.15, 0.2) is 35.5 Å². The molecular formula is C20H29N7O4. The largest absolute Gasteiger partial charge is 0.480 e. The number of carbonyl (C=O) groups excluding carboxylic acids is 2. The number of nitrogens with zero attached hydrogens (tertiary/aromatic N) is 1. The van der Waals surface area contributed by atoms with Crippen LogP contribution in [0.3, 0.4) is 0 Å². The minimum absolute atomic E-state index is 0.0868. The highest BCUT2D eigenvalue weighted by Crippen LogP contribution is 2.18. The van der Waals surface area contributed by atoms with Gasteiger partial charge in [-0.1, -0.05) is 18.2 Å². The summed E-state index contributed by atoms with van der Waals surface area (Å²) in [6.07, 6.45) is 2.59. The number of hydrogen-bond donors (Lipinski definition) is 7. The molecule has 0 fully saturated rings. The van der Waals surface area contributed by atoms with Gasteiger partial charge in [-0.15, -0.1) is 0 Å². The third-order valence-electron chi connectivity index (χ3n) is 4.76. The number of para-hydroxylation sites is 1. The van der Waals surface area contributed by atoms with E-state index in [1.54, 1.807) is 6.20 Å². The van der Waals surface area contributed by atoms with Crippen molar-refractivity contribution in [1.82, 2.24) is 15.6 Å². The average molecular weight is 431 g/mol. The van der Waals surface area contributed by atoms with Crippen LogP contribution in [-0.4, -0.2) is 58.5 Å². The van der Waals surface area contributed by atoms with Gasteiger partial charge in [-0.25, -0.2) is 4.79 Å². The maximum Gasteiger partial charge on any atom is 0.326 e. The fourth-order valence-corrected chi connectivity index (χ4v) is 3.07. The minimum Gasteiger partial charge on any atom is -0.480 e. The number of guanidine groups is 1. The van der Waals surface area contributed by atoms with Crippen LogP contribution in [0.1, 0.15) is 25.3 Å². The van der Waals surface area contributed by atoms with Crippen LogP contribution < -0.4 is 27.8 Å². The number of rotatable bonds is 11. The van der Waals surface area contributed by atoms with Crippen molar-refractivity contribution < 1.29 is 19.5 Å². The van der Waals surface area contributed by atoms with Crippen molar-refractivity contribution in [1.29, 1.82) is 0 Å². The number of amides is 2. The zero-order valence-corrected chi connectivity index (χ0v) is 17.3. The average Bonchev–Trinajstić information content (AvgIpc) is 3.12. The molecule has 2 amide bonds. The zero-order chi connectivity index (χ0) is 23.0. The van der Waals surface area contributed by atoms with Gasteiger partial charge in [-0.05, 0) is 37.8 Å². The zero-order valence-electron chi connectivity index (χ0n) is 17.3. The Hall–Kier alpha value is -3.60. The van der Waals surface area contributed by atoms with Gasteiger partial charge >= 0.3 is 5.97 Å². The quantitative estimate of drug-likeness (QED) is 0.136. The van der Waals surface area contributed by atoms with E-state index < -0.39 is 35.9 Å². The Morgan fingerprint density at radius 1 is 1.16 bits per heavy atom. The van der Waals surface area contributed by atoms with Crippen molar-refractivity contribution in [3.8, 4) is 0 Å². The second-order valence-corrected chi connectivity index (χ2v) is 7.25. The summed E-state index contributed by atoms with van der Waals surface area (Å²) in [5.74, 6) is -2.40. The molecule has 0 aliphatic rings. The summed E-state index contributed by atoms with van der Waals surface area (Å²) in [7, 11) is 0. The van der Waals surface area contributed by atoms with Gasteiger partial charge < -0.3 is 37.9 Å². The van der Waals surface area contributed by atoms with Gasteiger partial charge in [0, 0.05) is 23.6 Å². The molecule has 0 bridgehead atoms. The third-order valence-corrected chi connectivity index (χ3v) is 4.76. The number of hydrogen-bond acceptors (Lipinski definition) is 5. The first kappa shape index (κ1) is 23.7. The Bertz CT molecular complexity index is 952. The molecule has 11 nitrogen and oxygen atoms in total. The van der Waals surface area contributed by atoms with E-state index >= 15 is 0 Å². The maximum absolute atomic E-state index is 12.4. The van der Waals surface area contributed by atoms with Crippen LogP contribution in [0.5, 0.6) is 0 Å². The number of carbonyl (C=O) groups is 3. The highest BCUT2D eigenvalue weighted by atomic mass is 16.4. The van der Waals surface area contributed by atoms with E-state index in [0.717, 1.165) is 16.5 Å². The fourth-order valence-electron chi connectivity index (χ4n) is 3.07. The molecule has 0 aliphatic carbocycles. The summed E-state index contributed by atoms with van der Waals surface area (Å²) in [5.41, 5.74) is 18.3. The standard InChI is InChI=1S/C20H29N7O4/c1-11(17(28)27-16(19(30)31)7-4-8-24-20(22)23)26-18(29)14(21)9-12-10-25-15-6-3-2-5-13(12)15/h2-3,5-6,10-11,14,16,25H,4,7-9,21H2,1H3,(H,26,29)(H,27,28)(H,30,31)(H4,22,23,24)/t11-,14-,16-/m0/s1. The van der Waals surface area contributed by atoms with Crippen LogP contribution in [-0.2, 0) is 20.8 Å². The second-order valence-electron chi connectivity index (χ2n) is 7.25. The maximum atomic E-state index is 12.4. The Kier molecular flexibility index (Phi) is 8.38. The number of carboxylic acids is 1. The molecule has 168 valence electrons. The molecule has 11 heteroatoms. The lowest BCUT2D eigenvalue weighted by Gasteiger charge is -2.20. The van der Waals surface area contributed by atoms with Crippen molar-refractivity contribution in [2.75, 3.05) is 6.54 Å². The molecule has 0 saturated heterocycles. The van der Waals surface area contributed by atoms with Crippen LogP contribution in [0, 0.1) is 0 Å². The number of nitrogens with two attached hydrogens (primary N) is 3. The number of nitrogens with one attached hydrogen (secondary N) is 3. The van der Waals surface area contributed by atoms with E-state index in [2.05, 4.69) is 20.6 Å². The molecule has 1 aromatic heterocycles. The van der Waals surface area contributed by atoms with Crippen molar-refractivity contribution in [2.45, 2.75) is 44.3 Å². The number of aliphatic imine (C=N–C) groups is 1. The predicted octanol–water partition coefficient (Wildman–Crippen LogP) is -0.835. The Morgan fingerprint density at radius 3 is 2.55 bits per heavy atom. The van der Waals surface area contributed by atoms with Gasteiger partial charge in [0.1, 0.15) is 12.1 Å². The molecule has 1 aromatic carbocycles. The summed E-state index contributed by atoms with van der Waals surface area (Å²) in [5, 5.41) is 15.2. The third kappa shape index (κ3) is 7.00. The lowest BCUT2D eigenvalue weighted by molar-refractivity contribution is -0.142. The molecule has 1 heterocycles. The van der Waals surface area contributed by atoms with Crippen molar-refractivity contribution in [3.05, 3.63) is 36.0 Å². The number of H-pyrrole nitrogens is 1. The Labute approximate surface area is 179 Å². The molecule has 31 heavy (non-hydrogen) atoms. The van der Waals surface area contributed by atoms with Crippen LogP contribution >= 0.6 is 0 Å². The smallest absolute Gasteiger partial charge is 0.326 e. The monoisotopic (exact) mass is 431 g/mol. The van der Waals surface area contributed by atoms with E-state index in [9.17, 15) is 19.5 Å². The Balaban J connectivity index is 1.87. The van der Waals surface area contributed by atoms with Gasteiger partial charge in [0.15, 0.2) is 5.96 Å². The molecule has 2 aromatic rings. The van der Waals surface area contributed by atoms with E-state index in [4.69, 9.17) is 17.2 Å². The van der Waals surface area contributed by atoms with Crippen LogP contribution in [0.4, 0.5) is 0 Å². The fraction of sp³-hybridized carbons (Fsp3) is 0.400. The predicted molar refractivity (Wildman–Crippen MR) is 117 cm³/mol. The number of aromatic amines is 1. The minimum atomic E-state index is -1.19. The molecule has 0 spiro atoms. The van der Waals surface area contributed by atoms with Crippen molar-refractivity contribution in [3.63, 3.8) is 0 Å². The van der Waals surface area contributed by atoms with Crippen molar-refractivity contribution in [2.24, 2.45) is 22.2 Å². The van der Waals surface area contributed by atoms with Gasteiger partial charge in [0.05, 0.1) is 6.04 Å². The lowest BCUT2D eigenvalue weighted by Crippen LogP contribution is -2.53. The molecule has 0 radical (unpaired) electrons. The first-order valence-corrected chi connectivity index (χ1v) is 9.88. The van der Waals surface area contributed by atoms with E-state index in [0.29, 0.717) is 6.42 Å². The summed E-state index contributed by atoms with van der Waals surface area (Å²) in [4.78, 5) is 43.1. The van der Waals surface area contributed by atoms with Gasteiger partial charge in [-0.3, -0.25) is 14.6 Å². The van der Waals surface area contributed by atoms with Crippen LogP contribution in [0.25, 0.3) is 10.9 Å². The molecule has 0 unspecified atom stereocenters. The first-order valence-electron chi connectivity index (χ1n) is 9.88. The van der Waals surface area contributed by atoms with E-state index in [1.165, 1.54) is 6.92 Å². The molecule has 0 saturated carbocycles. The number of aromatic nitrogens is 1. The summed E-state index contributed by atoms with van der Waals surface area (Å²) < 4.78 is 0. The molecule has 10 N–H and O–H groups in total. The second kappa shape index (κ2) is 11.0. The summed E-state index contributed by atoms with van der Waals surface area (Å²) >= 11 is 0. The van der Waals surface area contributed by atoms with Gasteiger partial charge in [0.2, 0.25) is 11.8 Å². The number of fused-ring (bicyclic) bond motifs is 1. The number of benzene rings is 1. The normalized spacial score (nSPS) is 13.7.